The molecule has 0 atom stereocenters. The van der Waals surface area contributed by atoms with Gasteiger partial charge in [0.25, 0.3) is 0 Å². The fourth-order valence-electron chi connectivity index (χ4n) is 2.06. The minimum Gasteiger partial charge on any atom is -0.380 e. The fourth-order valence-corrected chi connectivity index (χ4v) is 2.06. The topological polar surface area (TPSA) is 24.5 Å². The molecule has 1 rings (SSSR count). The lowest BCUT2D eigenvalue weighted by Gasteiger charge is -2.14. The van der Waals surface area contributed by atoms with Crippen LogP contribution in [0.1, 0.15) is 39.0 Å². The largest absolute Gasteiger partial charge is 0.380 e. The molecule has 0 aromatic carbocycles. The van der Waals surface area contributed by atoms with Crippen molar-refractivity contribution < 1.29 is 4.74 Å². The summed E-state index contributed by atoms with van der Waals surface area (Å²) in [5.74, 6) is 0. The highest BCUT2D eigenvalue weighted by molar-refractivity contribution is 4.65. The van der Waals surface area contributed by atoms with Crippen LogP contribution in [0.15, 0.2) is 0 Å². The number of unbranched alkanes of at least 4 members (excludes halogenated alkanes) is 1. The first-order valence-electron chi connectivity index (χ1n) is 6.94. The van der Waals surface area contributed by atoms with E-state index in [2.05, 4.69) is 17.1 Å². The first-order chi connectivity index (χ1) is 7.93. The van der Waals surface area contributed by atoms with Crippen molar-refractivity contribution in [3.8, 4) is 0 Å². The summed E-state index contributed by atoms with van der Waals surface area (Å²) in [6.07, 6.45) is 6.42. The van der Waals surface area contributed by atoms with E-state index in [0.717, 1.165) is 32.8 Å². The molecular formula is C13H28N2O. The van der Waals surface area contributed by atoms with Crippen LogP contribution in [0.2, 0.25) is 0 Å². The summed E-state index contributed by atoms with van der Waals surface area (Å²) in [5, 5.41) is 3.41. The molecule has 96 valence electrons. The van der Waals surface area contributed by atoms with Gasteiger partial charge in [-0.2, -0.15) is 0 Å². The van der Waals surface area contributed by atoms with Crippen LogP contribution in [-0.2, 0) is 4.74 Å². The van der Waals surface area contributed by atoms with Crippen LogP contribution in [-0.4, -0.2) is 50.8 Å². The molecule has 1 aliphatic heterocycles. The SMILES string of the molecule is CCCNCCCCOCCN1CCCC1. The monoisotopic (exact) mass is 228 g/mol. The number of rotatable bonds is 10. The van der Waals surface area contributed by atoms with Gasteiger partial charge < -0.3 is 15.0 Å². The maximum absolute atomic E-state index is 5.63. The summed E-state index contributed by atoms with van der Waals surface area (Å²) in [7, 11) is 0. The van der Waals surface area contributed by atoms with Gasteiger partial charge in [0, 0.05) is 13.2 Å². The molecule has 0 saturated carbocycles. The number of ether oxygens (including phenoxy) is 1. The molecule has 0 amide bonds. The second-order valence-corrected chi connectivity index (χ2v) is 4.62. The molecule has 0 aliphatic carbocycles. The van der Waals surface area contributed by atoms with Crippen molar-refractivity contribution in [2.24, 2.45) is 0 Å². The Balaban J connectivity index is 1.71. The second-order valence-electron chi connectivity index (χ2n) is 4.62. The molecule has 16 heavy (non-hydrogen) atoms. The van der Waals surface area contributed by atoms with Crippen molar-refractivity contribution in [1.82, 2.24) is 10.2 Å². The van der Waals surface area contributed by atoms with E-state index in [1.807, 2.05) is 0 Å². The van der Waals surface area contributed by atoms with Crippen LogP contribution in [0, 0.1) is 0 Å². The number of nitrogens with zero attached hydrogens (tertiary/aromatic N) is 1. The van der Waals surface area contributed by atoms with Gasteiger partial charge in [-0.3, -0.25) is 0 Å². The summed E-state index contributed by atoms with van der Waals surface area (Å²) in [4.78, 5) is 2.50. The molecule has 0 aromatic rings. The maximum Gasteiger partial charge on any atom is 0.0593 e. The standard InChI is InChI=1S/C13H28N2O/c1-2-7-14-8-3-6-12-16-13-11-15-9-4-5-10-15/h14H,2-13H2,1H3. The molecule has 1 aliphatic rings. The van der Waals surface area contributed by atoms with Gasteiger partial charge in [-0.1, -0.05) is 6.92 Å². The lowest BCUT2D eigenvalue weighted by atomic mass is 10.3. The van der Waals surface area contributed by atoms with Crippen molar-refractivity contribution in [2.75, 3.05) is 45.9 Å². The Morgan fingerprint density at radius 2 is 1.88 bits per heavy atom. The maximum atomic E-state index is 5.63. The van der Waals surface area contributed by atoms with Crippen molar-refractivity contribution in [1.29, 1.82) is 0 Å². The van der Waals surface area contributed by atoms with E-state index in [1.165, 1.54) is 45.2 Å². The molecular weight excluding hydrogens is 200 g/mol. The Kier molecular flexibility index (Phi) is 8.77. The second kappa shape index (κ2) is 10.1. The number of nitrogens with one attached hydrogen (secondary N) is 1. The molecule has 1 heterocycles. The molecule has 0 bridgehead atoms. The first-order valence-corrected chi connectivity index (χ1v) is 6.94. The van der Waals surface area contributed by atoms with E-state index in [-0.39, 0.29) is 0 Å². The van der Waals surface area contributed by atoms with Crippen molar-refractivity contribution in [3.05, 3.63) is 0 Å². The van der Waals surface area contributed by atoms with E-state index in [0.29, 0.717) is 0 Å². The highest BCUT2D eigenvalue weighted by Crippen LogP contribution is 2.05. The Hall–Kier alpha value is -0.120. The van der Waals surface area contributed by atoms with Gasteiger partial charge in [0.2, 0.25) is 0 Å². The van der Waals surface area contributed by atoms with Crippen LogP contribution < -0.4 is 5.32 Å². The third-order valence-corrected chi connectivity index (χ3v) is 3.07. The van der Waals surface area contributed by atoms with Gasteiger partial charge in [0.1, 0.15) is 0 Å². The predicted octanol–water partition coefficient (Wildman–Crippen LogP) is 1.88. The zero-order valence-corrected chi connectivity index (χ0v) is 10.8. The Labute approximate surface area is 101 Å². The van der Waals surface area contributed by atoms with Gasteiger partial charge in [-0.25, -0.2) is 0 Å². The number of hydrogen-bond donors (Lipinski definition) is 1. The Bertz CT molecular complexity index is 147. The van der Waals surface area contributed by atoms with Crippen LogP contribution >= 0.6 is 0 Å². The molecule has 0 unspecified atom stereocenters. The molecule has 0 aromatic heterocycles. The molecule has 1 saturated heterocycles. The molecule has 0 radical (unpaired) electrons. The minimum absolute atomic E-state index is 0.919. The lowest BCUT2D eigenvalue weighted by molar-refractivity contribution is 0.108. The number of likely N-dealkylation sites (tertiary alicyclic amines) is 1. The highest BCUT2D eigenvalue weighted by atomic mass is 16.5. The minimum atomic E-state index is 0.919. The van der Waals surface area contributed by atoms with E-state index >= 15 is 0 Å². The van der Waals surface area contributed by atoms with Crippen LogP contribution in [0.5, 0.6) is 0 Å². The molecule has 0 spiro atoms. The Morgan fingerprint density at radius 3 is 2.62 bits per heavy atom. The van der Waals surface area contributed by atoms with Gasteiger partial charge in [-0.05, 0) is 58.3 Å². The van der Waals surface area contributed by atoms with Gasteiger partial charge in [0.15, 0.2) is 0 Å². The summed E-state index contributed by atoms with van der Waals surface area (Å²) < 4.78 is 5.63. The van der Waals surface area contributed by atoms with Gasteiger partial charge in [0.05, 0.1) is 6.61 Å². The van der Waals surface area contributed by atoms with Crippen LogP contribution in [0.3, 0.4) is 0 Å². The normalized spacial score (nSPS) is 17.1. The van der Waals surface area contributed by atoms with E-state index in [1.54, 1.807) is 0 Å². The van der Waals surface area contributed by atoms with E-state index in [9.17, 15) is 0 Å². The summed E-state index contributed by atoms with van der Waals surface area (Å²) in [5.41, 5.74) is 0. The smallest absolute Gasteiger partial charge is 0.0593 e. The molecule has 3 heteroatoms. The predicted molar refractivity (Wildman–Crippen MR) is 68.9 cm³/mol. The third kappa shape index (κ3) is 7.20. The van der Waals surface area contributed by atoms with E-state index < -0.39 is 0 Å². The zero-order valence-electron chi connectivity index (χ0n) is 10.8. The zero-order chi connectivity index (χ0) is 11.5. The van der Waals surface area contributed by atoms with E-state index in [4.69, 9.17) is 4.74 Å². The molecule has 1 N–H and O–H groups in total. The van der Waals surface area contributed by atoms with Gasteiger partial charge >= 0.3 is 0 Å². The fraction of sp³-hybridized carbons (Fsp3) is 1.00. The van der Waals surface area contributed by atoms with Crippen molar-refractivity contribution in [2.45, 2.75) is 39.0 Å². The highest BCUT2D eigenvalue weighted by Gasteiger charge is 2.09. The van der Waals surface area contributed by atoms with Crippen molar-refractivity contribution >= 4 is 0 Å². The summed E-state index contributed by atoms with van der Waals surface area (Å²) >= 11 is 0. The quantitative estimate of drug-likeness (QED) is 0.578. The average molecular weight is 228 g/mol. The van der Waals surface area contributed by atoms with Crippen LogP contribution in [0.4, 0.5) is 0 Å². The Morgan fingerprint density at radius 1 is 1.06 bits per heavy atom. The lowest BCUT2D eigenvalue weighted by Crippen LogP contribution is -2.24. The average Bonchev–Trinajstić information content (AvgIpc) is 2.80. The van der Waals surface area contributed by atoms with Crippen LogP contribution in [0.25, 0.3) is 0 Å². The molecule has 3 nitrogen and oxygen atoms in total. The number of hydrogen-bond acceptors (Lipinski definition) is 3. The summed E-state index contributed by atoms with van der Waals surface area (Å²) in [6, 6.07) is 0. The van der Waals surface area contributed by atoms with Gasteiger partial charge in [-0.15, -0.1) is 0 Å². The first kappa shape index (κ1) is 13.9. The summed E-state index contributed by atoms with van der Waals surface area (Å²) in [6.45, 7) is 10.0. The van der Waals surface area contributed by atoms with Crippen molar-refractivity contribution in [3.63, 3.8) is 0 Å². The molecule has 1 fully saturated rings. The third-order valence-electron chi connectivity index (χ3n) is 3.07.